The number of carboxylic acid groups (broad SMARTS) is 1. The van der Waals surface area contributed by atoms with Crippen LogP contribution in [0, 0.1) is 0 Å². The van der Waals surface area contributed by atoms with E-state index in [9.17, 15) is 31.1 Å². The number of methoxy groups -OCH3 is 1. The minimum Gasteiger partial charge on any atom is -0.496 e. The van der Waals surface area contributed by atoms with Crippen LogP contribution in [0.3, 0.4) is 0 Å². The van der Waals surface area contributed by atoms with Crippen LogP contribution < -0.4 is 4.74 Å². The first-order chi connectivity index (χ1) is 8.50. The molecule has 0 heterocycles. The quantitative estimate of drug-likeness (QED) is 0.848. The molecule has 1 aromatic carbocycles. The average Bonchev–Trinajstić information content (AvgIpc) is 2.24. The molecular weight excluding hydrogens is 282 g/mol. The zero-order chi connectivity index (χ0) is 15.0. The van der Waals surface area contributed by atoms with Gasteiger partial charge in [0.05, 0.1) is 18.2 Å². The van der Waals surface area contributed by atoms with Crippen molar-refractivity contribution in [1.82, 2.24) is 0 Å². The molecular formula is C10H6F6O3. The summed E-state index contributed by atoms with van der Waals surface area (Å²) in [5.41, 5.74) is -5.72. The minimum absolute atomic E-state index is 0.234. The Labute approximate surface area is 102 Å². The molecule has 106 valence electrons. The first kappa shape index (κ1) is 15.1. The number of carbonyl (C=O) groups is 1. The summed E-state index contributed by atoms with van der Waals surface area (Å²) in [5.74, 6) is -3.32. The predicted octanol–water partition coefficient (Wildman–Crippen LogP) is 3.43. The number of benzene rings is 1. The average molecular weight is 288 g/mol. The first-order valence-electron chi connectivity index (χ1n) is 4.58. The zero-order valence-corrected chi connectivity index (χ0v) is 9.19. The Bertz CT molecular complexity index is 503. The van der Waals surface area contributed by atoms with Crippen LogP contribution in [0.25, 0.3) is 0 Å². The highest BCUT2D eigenvalue weighted by Gasteiger charge is 2.45. The number of hydrogen-bond donors (Lipinski definition) is 1. The summed E-state index contributed by atoms with van der Waals surface area (Å²) in [5, 5.41) is 8.64. The number of aromatic carboxylic acids is 1. The van der Waals surface area contributed by atoms with Crippen molar-refractivity contribution < 1.29 is 41.0 Å². The highest BCUT2D eigenvalue weighted by molar-refractivity contribution is 5.92. The van der Waals surface area contributed by atoms with Gasteiger partial charge in [0.15, 0.2) is 0 Å². The molecule has 0 saturated carbocycles. The van der Waals surface area contributed by atoms with E-state index in [1.807, 2.05) is 0 Å². The van der Waals surface area contributed by atoms with Crippen LogP contribution >= 0.6 is 0 Å². The molecule has 0 atom stereocenters. The van der Waals surface area contributed by atoms with Gasteiger partial charge < -0.3 is 9.84 Å². The molecule has 0 radical (unpaired) electrons. The highest BCUT2D eigenvalue weighted by Crippen LogP contribution is 2.43. The van der Waals surface area contributed by atoms with Crippen LogP contribution in [-0.4, -0.2) is 18.2 Å². The standard InChI is InChI=1S/C10H6F6O3/c1-19-5-3-2-4(9(11,12)13)6(8(17)18)7(5)10(14,15)16/h2-3H,1H3,(H,17,18). The van der Waals surface area contributed by atoms with Crippen molar-refractivity contribution in [3.05, 3.63) is 28.8 Å². The number of carboxylic acids is 1. The van der Waals surface area contributed by atoms with Crippen molar-refractivity contribution >= 4 is 5.97 Å². The molecule has 0 bridgehead atoms. The minimum atomic E-state index is -5.29. The summed E-state index contributed by atoms with van der Waals surface area (Å²) < 4.78 is 80.0. The molecule has 9 heteroatoms. The van der Waals surface area contributed by atoms with E-state index in [1.165, 1.54) is 0 Å². The highest BCUT2D eigenvalue weighted by atomic mass is 19.4. The van der Waals surface area contributed by atoms with Crippen LogP contribution in [0.4, 0.5) is 26.3 Å². The Morgan fingerprint density at radius 3 is 1.95 bits per heavy atom. The maximum absolute atomic E-state index is 12.7. The maximum atomic E-state index is 12.7. The molecule has 19 heavy (non-hydrogen) atoms. The fraction of sp³-hybridized carbons (Fsp3) is 0.300. The van der Waals surface area contributed by atoms with E-state index in [4.69, 9.17) is 5.11 Å². The molecule has 0 aliphatic rings. The van der Waals surface area contributed by atoms with E-state index < -0.39 is 40.8 Å². The fourth-order valence-corrected chi connectivity index (χ4v) is 1.49. The fourth-order valence-electron chi connectivity index (χ4n) is 1.49. The van der Waals surface area contributed by atoms with E-state index in [0.717, 1.165) is 7.11 Å². The van der Waals surface area contributed by atoms with Crippen molar-refractivity contribution in [2.45, 2.75) is 12.4 Å². The van der Waals surface area contributed by atoms with Gasteiger partial charge in [-0.25, -0.2) is 4.79 Å². The van der Waals surface area contributed by atoms with E-state index in [1.54, 1.807) is 0 Å². The lowest BCUT2D eigenvalue weighted by Crippen LogP contribution is -2.20. The predicted molar refractivity (Wildman–Crippen MR) is 50.0 cm³/mol. The van der Waals surface area contributed by atoms with Gasteiger partial charge in [0, 0.05) is 0 Å². The van der Waals surface area contributed by atoms with E-state index in [0.29, 0.717) is 6.07 Å². The van der Waals surface area contributed by atoms with Gasteiger partial charge in [-0.15, -0.1) is 0 Å². The van der Waals surface area contributed by atoms with Crippen LogP contribution in [-0.2, 0) is 12.4 Å². The van der Waals surface area contributed by atoms with Gasteiger partial charge in [0.1, 0.15) is 11.3 Å². The Balaban J connectivity index is 3.79. The number of halogens is 6. The van der Waals surface area contributed by atoms with Crippen LogP contribution in [0.1, 0.15) is 21.5 Å². The van der Waals surface area contributed by atoms with Gasteiger partial charge in [0.2, 0.25) is 0 Å². The smallest absolute Gasteiger partial charge is 0.420 e. The monoisotopic (exact) mass is 288 g/mol. The van der Waals surface area contributed by atoms with Crippen molar-refractivity contribution in [2.24, 2.45) is 0 Å². The third-order valence-electron chi connectivity index (χ3n) is 2.19. The topological polar surface area (TPSA) is 46.5 Å². The van der Waals surface area contributed by atoms with Crippen molar-refractivity contribution in [3.63, 3.8) is 0 Å². The van der Waals surface area contributed by atoms with Gasteiger partial charge in [0.25, 0.3) is 0 Å². The first-order valence-corrected chi connectivity index (χ1v) is 4.58. The largest absolute Gasteiger partial charge is 0.496 e. The van der Waals surface area contributed by atoms with Crippen LogP contribution in [0.15, 0.2) is 12.1 Å². The Morgan fingerprint density at radius 1 is 1.11 bits per heavy atom. The molecule has 0 amide bonds. The summed E-state index contributed by atoms with van der Waals surface area (Å²) >= 11 is 0. The molecule has 0 aromatic heterocycles. The van der Waals surface area contributed by atoms with Crippen molar-refractivity contribution in [1.29, 1.82) is 0 Å². The molecule has 0 fully saturated rings. The van der Waals surface area contributed by atoms with Gasteiger partial charge in [-0.05, 0) is 12.1 Å². The number of ether oxygens (including phenoxy) is 1. The third-order valence-corrected chi connectivity index (χ3v) is 2.19. The Hall–Kier alpha value is -1.93. The molecule has 3 nitrogen and oxygen atoms in total. The summed E-state index contributed by atoms with van der Waals surface area (Å²) in [7, 11) is 0.795. The Morgan fingerprint density at radius 2 is 1.63 bits per heavy atom. The normalized spacial score (nSPS) is 12.4. The number of alkyl halides is 6. The summed E-state index contributed by atoms with van der Waals surface area (Å²) in [6.45, 7) is 0. The van der Waals surface area contributed by atoms with Gasteiger partial charge in [-0.3, -0.25) is 0 Å². The second kappa shape index (κ2) is 4.63. The van der Waals surface area contributed by atoms with E-state index >= 15 is 0 Å². The SMILES string of the molecule is COc1ccc(C(F)(F)F)c(C(=O)O)c1C(F)(F)F. The maximum Gasteiger partial charge on any atom is 0.420 e. The Kier molecular flexibility index (Phi) is 3.69. The summed E-state index contributed by atoms with van der Waals surface area (Å²) in [4.78, 5) is 10.7. The van der Waals surface area contributed by atoms with Crippen molar-refractivity contribution in [2.75, 3.05) is 7.11 Å². The van der Waals surface area contributed by atoms with Gasteiger partial charge >= 0.3 is 18.3 Å². The second-order valence-electron chi connectivity index (χ2n) is 3.37. The van der Waals surface area contributed by atoms with Crippen LogP contribution in [0.5, 0.6) is 5.75 Å². The third kappa shape index (κ3) is 2.91. The van der Waals surface area contributed by atoms with Crippen molar-refractivity contribution in [3.8, 4) is 5.75 Å². The number of hydrogen-bond acceptors (Lipinski definition) is 2. The van der Waals surface area contributed by atoms with Gasteiger partial charge in [-0.1, -0.05) is 0 Å². The molecule has 1 aromatic rings. The van der Waals surface area contributed by atoms with E-state index in [-0.39, 0.29) is 6.07 Å². The zero-order valence-electron chi connectivity index (χ0n) is 9.19. The lowest BCUT2D eigenvalue weighted by Gasteiger charge is -2.18. The molecule has 1 rings (SSSR count). The van der Waals surface area contributed by atoms with Crippen LogP contribution in [0.2, 0.25) is 0 Å². The molecule has 0 aliphatic carbocycles. The second-order valence-corrected chi connectivity index (χ2v) is 3.37. The summed E-state index contributed by atoms with van der Waals surface area (Å²) in [6.07, 6.45) is -10.5. The lowest BCUT2D eigenvalue weighted by molar-refractivity contribution is -0.144. The summed E-state index contributed by atoms with van der Waals surface area (Å²) in [6, 6.07) is 0.662. The molecule has 0 saturated heterocycles. The molecule has 0 spiro atoms. The molecule has 0 aliphatic heterocycles. The van der Waals surface area contributed by atoms with E-state index in [2.05, 4.69) is 4.74 Å². The molecule has 0 unspecified atom stereocenters. The lowest BCUT2D eigenvalue weighted by atomic mass is 9.99. The molecule has 1 N–H and O–H groups in total. The number of rotatable bonds is 2. The van der Waals surface area contributed by atoms with Gasteiger partial charge in [-0.2, -0.15) is 26.3 Å².